The highest BCUT2D eigenvalue weighted by Gasteiger charge is 2.17. The highest BCUT2D eigenvalue weighted by Crippen LogP contribution is 2.21. The summed E-state index contributed by atoms with van der Waals surface area (Å²) in [6.45, 7) is -0.409. The standard InChI is InChI=1S/C17H14Cl2FNO3/c1-21(9-11-4-2-3-5-15(11)20)16(22)10-24-17(23)13-8-12(18)6-7-14(13)19/h2-8H,9-10H2,1H3. The molecule has 2 aromatic carbocycles. The summed E-state index contributed by atoms with van der Waals surface area (Å²) in [6.07, 6.45) is 0. The Balaban J connectivity index is 1.93. The van der Waals surface area contributed by atoms with Gasteiger partial charge in [0.25, 0.3) is 5.91 Å². The Hall–Kier alpha value is -2.11. The first-order valence-corrected chi connectivity index (χ1v) is 7.73. The second-order valence-corrected chi connectivity index (χ2v) is 5.89. The Morgan fingerprint density at radius 1 is 1.17 bits per heavy atom. The lowest BCUT2D eigenvalue weighted by Gasteiger charge is -2.17. The molecular formula is C17H14Cl2FNO3. The van der Waals surface area contributed by atoms with Gasteiger partial charge in [-0.3, -0.25) is 4.79 Å². The molecule has 0 aromatic heterocycles. The number of benzene rings is 2. The monoisotopic (exact) mass is 369 g/mol. The summed E-state index contributed by atoms with van der Waals surface area (Å²) in [6, 6.07) is 10.5. The van der Waals surface area contributed by atoms with Gasteiger partial charge in [-0.15, -0.1) is 0 Å². The molecule has 0 aliphatic carbocycles. The van der Waals surface area contributed by atoms with Crippen molar-refractivity contribution in [2.45, 2.75) is 6.54 Å². The van der Waals surface area contributed by atoms with Crippen LogP contribution in [0.2, 0.25) is 10.0 Å². The van der Waals surface area contributed by atoms with E-state index in [1.54, 1.807) is 18.2 Å². The van der Waals surface area contributed by atoms with Crippen LogP contribution in [0.15, 0.2) is 42.5 Å². The molecule has 0 aliphatic heterocycles. The first-order chi connectivity index (χ1) is 11.4. The van der Waals surface area contributed by atoms with Crippen LogP contribution < -0.4 is 0 Å². The predicted molar refractivity (Wildman–Crippen MR) is 89.6 cm³/mol. The summed E-state index contributed by atoms with van der Waals surface area (Å²) in [7, 11) is 1.50. The summed E-state index contributed by atoms with van der Waals surface area (Å²) in [4.78, 5) is 25.2. The van der Waals surface area contributed by atoms with E-state index in [1.807, 2.05) is 0 Å². The fourth-order valence-corrected chi connectivity index (χ4v) is 2.31. The normalized spacial score (nSPS) is 10.3. The Morgan fingerprint density at radius 3 is 2.58 bits per heavy atom. The van der Waals surface area contributed by atoms with Crippen LogP contribution in [0.4, 0.5) is 4.39 Å². The summed E-state index contributed by atoms with van der Waals surface area (Å²) < 4.78 is 18.5. The Morgan fingerprint density at radius 2 is 1.88 bits per heavy atom. The summed E-state index contributed by atoms with van der Waals surface area (Å²) in [5.74, 6) is -1.63. The average Bonchev–Trinajstić information content (AvgIpc) is 2.56. The maximum atomic E-state index is 13.6. The maximum absolute atomic E-state index is 13.6. The third-order valence-electron chi connectivity index (χ3n) is 3.27. The van der Waals surface area contributed by atoms with Crippen LogP contribution in [0.5, 0.6) is 0 Å². The van der Waals surface area contributed by atoms with E-state index in [-0.39, 0.29) is 17.1 Å². The van der Waals surface area contributed by atoms with Crippen LogP contribution in [0.25, 0.3) is 0 Å². The van der Waals surface area contributed by atoms with Gasteiger partial charge in [0.2, 0.25) is 0 Å². The van der Waals surface area contributed by atoms with Gasteiger partial charge in [0, 0.05) is 24.2 Å². The van der Waals surface area contributed by atoms with Crippen LogP contribution in [0.1, 0.15) is 15.9 Å². The first-order valence-electron chi connectivity index (χ1n) is 6.98. The minimum atomic E-state index is -0.754. The van der Waals surface area contributed by atoms with E-state index in [0.29, 0.717) is 10.6 Å². The van der Waals surface area contributed by atoms with Crippen molar-refractivity contribution in [2.24, 2.45) is 0 Å². The van der Waals surface area contributed by atoms with Crippen molar-refractivity contribution < 1.29 is 18.7 Å². The molecule has 4 nitrogen and oxygen atoms in total. The summed E-state index contributed by atoms with van der Waals surface area (Å²) in [5.41, 5.74) is 0.450. The van der Waals surface area contributed by atoms with E-state index in [4.69, 9.17) is 27.9 Å². The van der Waals surface area contributed by atoms with E-state index in [0.717, 1.165) is 0 Å². The van der Waals surface area contributed by atoms with Crippen LogP contribution >= 0.6 is 23.2 Å². The number of rotatable bonds is 5. The summed E-state index contributed by atoms with van der Waals surface area (Å²) >= 11 is 11.7. The third-order valence-corrected chi connectivity index (χ3v) is 3.83. The molecule has 0 fully saturated rings. The topological polar surface area (TPSA) is 46.6 Å². The van der Waals surface area contributed by atoms with Crippen LogP contribution in [0, 0.1) is 5.82 Å². The zero-order chi connectivity index (χ0) is 17.7. The molecule has 0 spiro atoms. The zero-order valence-corrected chi connectivity index (χ0v) is 14.3. The van der Waals surface area contributed by atoms with E-state index in [1.165, 1.54) is 36.2 Å². The molecule has 0 N–H and O–H groups in total. The minimum absolute atomic E-state index is 0.0704. The second kappa shape index (κ2) is 8.13. The highest BCUT2D eigenvalue weighted by atomic mass is 35.5. The quantitative estimate of drug-likeness (QED) is 0.749. The largest absolute Gasteiger partial charge is 0.452 e. The molecule has 2 rings (SSSR count). The van der Waals surface area contributed by atoms with Gasteiger partial charge in [0.1, 0.15) is 5.82 Å². The molecule has 7 heteroatoms. The molecule has 1 amide bonds. The van der Waals surface area contributed by atoms with Crippen molar-refractivity contribution >= 4 is 35.1 Å². The number of likely N-dealkylation sites (N-methyl/N-ethyl adjacent to an activating group) is 1. The lowest BCUT2D eigenvalue weighted by molar-refractivity contribution is -0.133. The van der Waals surface area contributed by atoms with Gasteiger partial charge in [0.05, 0.1) is 10.6 Å². The van der Waals surface area contributed by atoms with Crippen molar-refractivity contribution in [3.63, 3.8) is 0 Å². The van der Waals surface area contributed by atoms with E-state index >= 15 is 0 Å². The molecule has 0 atom stereocenters. The molecule has 0 radical (unpaired) electrons. The van der Waals surface area contributed by atoms with Crippen molar-refractivity contribution in [1.82, 2.24) is 4.90 Å². The second-order valence-electron chi connectivity index (χ2n) is 5.04. The fourth-order valence-electron chi connectivity index (χ4n) is 1.94. The Kier molecular flexibility index (Phi) is 6.17. The molecule has 2 aromatic rings. The van der Waals surface area contributed by atoms with Crippen molar-refractivity contribution in [1.29, 1.82) is 0 Å². The number of hydrogen-bond acceptors (Lipinski definition) is 3. The van der Waals surface area contributed by atoms with Crippen molar-refractivity contribution in [3.8, 4) is 0 Å². The molecule has 0 saturated heterocycles. The Bertz CT molecular complexity index is 767. The van der Waals surface area contributed by atoms with Gasteiger partial charge in [-0.05, 0) is 24.3 Å². The lowest BCUT2D eigenvalue weighted by atomic mass is 10.2. The molecule has 0 aliphatic rings. The molecule has 0 saturated carbocycles. The van der Waals surface area contributed by atoms with Gasteiger partial charge in [-0.2, -0.15) is 0 Å². The SMILES string of the molecule is CN(Cc1ccccc1F)C(=O)COC(=O)c1cc(Cl)ccc1Cl. The smallest absolute Gasteiger partial charge is 0.340 e. The average molecular weight is 370 g/mol. The van der Waals surface area contributed by atoms with Crippen LogP contribution in [-0.4, -0.2) is 30.4 Å². The zero-order valence-electron chi connectivity index (χ0n) is 12.8. The van der Waals surface area contributed by atoms with Crippen LogP contribution in [-0.2, 0) is 16.1 Å². The number of amides is 1. The Labute approximate surface area is 148 Å². The lowest BCUT2D eigenvalue weighted by Crippen LogP contribution is -2.31. The molecule has 126 valence electrons. The van der Waals surface area contributed by atoms with Gasteiger partial charge in [-0.1, -0.05) is 41.4 Å². The number of esters is 1. The molecule has 0 heterocycles. The van der Waals surface area contributed by atoms with Gasteiger partial charge in [0.15, 0.2) is 6.61 Å². The number of carbonyl (C=O) groups excluding carboxylic acids is 2. The van der Waals surface area contributed by atoms with Gasteiger partial charge >= 0.3 is 5.97 Å². The highest BCUT2D eigenvalue weighted by molar-refractivity contribution is 6.35. The van der Waals surface area contributed by atoms with Gasteiger partial charge in [-0.25, -0.2) is 9.18 Å². The summed E-state index contributed by atoms with van der Waals surface area (Å²) in [5, 5.41) is 0.505. The number of hydrogen-bond donors (Lipinski definition) is 0. The number of nitrogens with zero attached hydrogens (tertiary/aromatic N) is 1. The fraction of sp³-hybridized carbons (Fsp3) is 0.176. The van der Waals surface area contributed by atoms with E-state index in [9.17, 15) is 14.0 Å². The van der Waals surface area contributed by atoms with Crippen molar-refractivity contribution in [2.75, 3.05) is 13.7 Å². The molecule has 0 unspecified atom stereocenters. The van der Waals surface area contributed by atoms with E-state index < -0.39 is 24.3 Å². The molecule has 0 bridgehead atoms. The van der Waals surface area contributed by atoms with Crippen LogP contribution in [0.3, 0.4) is 0 Å². The first kappa shape index (κ1) is 18.2. The number of carbonyl (C=O) groups is 2. The van der Waals surface area contributed by atoms with Gasteiger partial charge < -0.3 is 9.64 Å². The molecular weight excluding hydrogens is 356 g/mol. The van der Waals surface area contributed by atoms with Crippen molar-refractivity contribution in [3.05, 3.63) is 69.5 Å². The third kappa shape index (κ3) is 4.69. The number of ether oxygens (including phenoxy) is 1. The maximum Gasteiger partial charge on any atom is 0.340 e. The van der Waals surface area contributed by atoms with E-state index in [2.05, 4.69) is 0 Å². The molecule has 24 heavy (non-hydrogen) atoms. The minimum Gasteiger partial charge on any atom is -0.452 e. The number of halogens is 3. The predicted octanol–water partition coefficient (Wildman–Crippen LogP) is 3.95.